The Morgan fingerprint density at radius 1 is 1.14 bits per heavy atom. The number of amides is 1. The Hall–Kier alpha value is -3.82. The third-order valence-electron chi connectivity index (χ3n) is 3.48. The number of carbonyl (C=O) groups is 2. The molecule has 0 bridgehead atoms. The Kier molecular flexibility index (Phi) is 5.58. The highest BCUT2D eigenvalue weighted by atomic mass is 19.1. The fourth-order valence-electron chi connectivity index (χ4n) is 2.19. The molecule has 0 radical (unpaired) electrons. The van der Waals surface area contributed by atoms with Gasteiger partial charge in [0.1, 0.15) is 18.2 Å². The summed E-state index contributed by atoms with van der Waals surface area (Å²) in [6.07, 6.45) is 0. The molecule has 2 aromatic carbocycles. The summed E-state index contributed by atoms with van der Waals surface area (Å²) in [5, 5.41) is 6.02. The zero-order valence-electron chi connectivity index (χ0n) is 14.2. The fourth-order valence-corrected chi connectivity index (χ4v) is 2.19. The van der Waals surface area contributed by atoms with Crippen LogP contribution < -0.4 is 11.1 Å². The molecule has 0 saturated heterocycles. The van der Waals surface area contributed by atoms with Crippen LogP contribution in [0.2, 0.25) is 0 Å². The standard InChI is InChI=1S/C18H13F2N3O5/c19-12-6-7-14(13(20)8-12)21-15(24)10-27-16(25)9-23-18(26)28-17(22-23)11-4-2-1-3-5-11/h1-8H,9-10H2,(H,21,24). The summed E-state index contributed by atoms with van der Waals surface area (Å²) >= 11 is 0. The molecular formula is C18H13F2N3O5. The second kappa shape index (κ2) is 8.25. The van der Waals surface area contributed by atoms with Crippen molar-refractivity contribution in [1.82, 2.24) is 9.78 Å². The van der Waals surface area contributed by atoms with E-state index in [9.17, 15) is 23.2 Å². The van der Waals surface area contributed by atoms with Gasteiger partial charge in [-0.3, -0.25) is 9.59 Å². The number of esters is 1. The molecule has 1 N–H and O–H groups in total. The summed E-state index contributed by atoms with van der Waals surface area (Å²) in [6, 6.07) is 11.2. The zero-order chi connectivity index (χ0) is 20.1. The number of ether oxygens (including phenoxy) is 1. The Bertz CT molecular complexity index is 1060. The van der Waals surface area contributed by atoms with Crippen molar-refractivity contribution >= 4 is 17.6 Å². The third kappa shape index (κ3) is 4.67. The molecule has 1 aromatic heterocycles. The van der Waals surface area contributed by atoms with Crippen LogP contribution in [0.5, 0.6) is 0 Å². The average Bonchev–Trinajstić information content (AvgIpc) is 3.03. The van der Waals surface area contributed by atoms with Gasteiger partial charge in [0.25, 0.3) is 5.91 Å². The molecule has 0 saturated carbocycles. The van der Waals surface area contributed by atoms with Gasteiger partial charge in [-0.05, 0) is 24.3 Å². The van der Waals surface area contributed by atoms with E-state index >= 15 is 0 Å². The van der Waals surface area contributed by atoms with Crippen molar-refractivity contribution < 1.29 is 27.5 Å². The molecule has 144 valence electrons. The van der Waals surface area contributed by atoms with E-state index in [2.05, 4.69) is 10.4 Å². The second-order valence-corrected chi connectivity index (χ2v) is 5.53. The molecular weight excluding hydrogens is 376 g/mol. The van der Waals surface area contributed by atoms with Gasteiger partial charge in [-0.15, -0.1) is 5.10 Å². The maximum absolute atomic E-state index is 13.5. The van der Waals surface area contributed by atoms with Crippen molar-refractivity contribution in [3.8, 4) is 11.5 Å². The average molecular weight is 389 g/mol. The molecule has 28 heavy (non-hydrogen) atoms. The Morgan fingerprint density at radius 2 is 1.89 bits per heavy atom. The number of carbonyl (C=O) groups excluding carboxylic acids is 2. The number of benzene rings is 2. The molecule has 0 spiro atoms. The van der Waals surface area contributed by atoms with Crippen LogP contribution in [-0.2, 0) is 20.9 Å². The number of anilines is 1. The quantitative estimate of drug-likeness (QED) is 0.647. The Morgan fingerprint density at radius 3 is 2.61 bits per heavy atom. The van der Waals surface area contributed by atoms with Crippen LogP contribution in [0.4, 0.5) is 14.5 Å². The Labute approximate surface area is 156 Å². The smallest absolute Gasteiger partial charge is 0.437 e. The predicted molar refractivity (Wildman–Crippen MR) is 92.1 cm³/mol. The molecule has 1 amide bonds. The van der Waals surface area contributed by atoms with E-state index in [0.717, 1.165) is 16.8 Å². The highest BCUT2D eigenvalue weighted by Crippen LogP contribution is 2.15. The number of hydrogen-bond acceptors (Lipinski definition) is 6. The van der Waals surface area contributed by atoms with E-state index in [1.165, 1.54) is 0 Å². The number of hydrogen-bond donors (Lipinski definition) is 1. The second-order valence-electron chi connectivity index (χ2n) is 5.53. The minimum atomic E-state index is -0.970. The van der Waals surface area contributed by atoms with E-state index in [1.807, 2.05) is 0 Å². The fraction of sp³-hybridized carbons (Fsp3) is 0.111. The van der Waals surface area contributed by atoms with Gasteiger partial charge in [-0.2, -0.15) is 4.68 Å². The van der Waals surface area contributed by atoms with Crippen LogP contribution in [0.1, 0.15) is 0 Å². The molecule has 0 aliphatic heterocycles. The van der Waals surface area contributed by atoms with Gasteiger partial charge >= 0.3 is 11.7 Å². The van der Waals surface area contributed by atoms with Crippen LogP contribution >= 0.6 is 0 Å². The SMILES string of the molecule is O=C(COC(=O)Cn1nc(-c2ccccc2)oc1=O)Nc1ccc(F)cc1F. The largest absolute Gasteiger partial charge is 0.454 e. The number of aromatic nitrogens is 2. The molecule has 0 aliphatic rings. The molecule has 0 unspecified atom stereocenters. The van der Waals surface area contributed by atoms with Gasteiger partial charge in [-0.25, -0.2) is 13.6 Å². The summed E-state index contributed by atoms with van der Waals surface area (Å²) < 4.78 is 36.7. The molecule has 1 heterocycles. The zero-order valence-corrected chi connectivity index (χ0v) is 14.2. The van der Waals surface area contributed by atoms with Crippen LogP contribution in [0.25, 0.3) is 11.5 Å². The summed E-state index contributed by atoms with van der Waals surface area (Å²) in [4.78, 5) is 35.3. The van der Waals surface area contributed by atoms with Gasteiger partial charge in [0, 0.05) is 11.6 Å². The van der Waals surface area contributed by atoms with Gasteiger partial charge in [0.15, 0.2) is 6.61 Å². The van der Waals surface area contributed by atoms with Crippen LogP contribution in [0, 0.1) is 11.6 Å². The summed E-state index contributed by atoms with van der Waals surface area (Å²) in [7, 11) is 0. The van der Waals surface area contributed by atoms with Crippen LogP contribution in [0.15, 0.2) is 57.7 Å². The van der Waals surface area contributed by atoms with Crippen molar-refractivity contribution in [2.45, 2.75) is 6.54 Å². The highest BCUT2D eigenvalue weighted by Gasteiger charge is 2.15. The first-order valence-electron chi connectivity index (χ1n) is 7.96. The van der Waals surface area contributed by atoms with E-state index in [0.29, 0.717) is 11.6 Å². The highest BCUT2D eigenvalue weighted by molar-refractivity contribution is 5.92. The maximum Gasteiger partial charge on any atom is 0.437 e. The van der Waals surface area contributed by atoms with E-state index < -0.39 is 42.4 Å². The van der Waals surface area contributed by atoms with Crippen molar-refractivity contribution in [2.24, 2.45) is 0 Å². The molecule has 0 aliphatic carbocycles. The minimum Gasteiger partial charge on any atom is -0.454 e. The van der Waals surface area contributed by atoms with E-state index in [1.54, 1.807) is 30.3 Å². The first-order chi connectivity index (χ1) is 13.4. The summed E-state index contributed by atoms with van der Waals surface area (Å²) in [5.41, 5.74) is 0.287. The van der Waals surface area contributed by atoms with Crippen molar-refractivity contribution in [1.29, 1.82) is 0 Å². The van der Waals surface area contributed by atoms with Gasteiger partial charge in [0.2, 0.25) is 5.89 Å². The summed E-state index contributed by atoms with van der Waals surface area (Å²) in [6.45, 7) is -1.30. The van der Waals surface area contributed by atoms with Crippen molar-refractivity contribution in [3.63, 3.8) is 0 Å². The first kappa shape index (κ1) is 19.0. The molecule has 3 rings (SSSR count). The number of nitrogens with one attached hydrogen (secondary N) is 1. The molecule has 0 atom stereocenters. The first-order valence-corrected chi connectivity index (χ1v) is 7.96. The molecule has 8 nitrogen and oxygen atoms in total. The van der Waals surface area contributed by atoms with Gasteiger partial charge in [0.05, 0.1) is 5.69 Å². The predicted octanol–water partition coefficient (Wildman–Crippen LogP) is 1.96. The normalized spacial score (nSPS) is 10.5. The van der Waals surface area contributed by atoms with Gasteiger partial charge < -0.3 is 14.5 Å². The van der Waals surface area contributed by atoms with E-state index in [4.69, 9.17) is 9.15 Å². The molecule has 3 aromatic rings. The van der Waals surface area contributed by atoms with E-state index in [-0.39, 0.29) is 11.6 Å². The van der Waals surface area contributed by atoms with Crippen LogP contribution in [-0.4, -0.2) is 28.3 Å². The van der Waals surface area contributed by atoms with Crippen molar-refractivity contribution in [2.75, 3.05) is 11.9 Å². The number of rotatable bonds is 6. The summed E-state index contributed by atoms with van der Waals surface area (Å²) in [5.74, 6) is -4.37. The lowest BCUT2D eigenvalue weighted by atomic mass is 10.2. The maximum atomic E-state index is 13.5. The minimum absolute atomic E-state index is 0.0305. The lowest BCUT2D eigenvalue weighted by molar-refractivity contribution is -0.148. The topological polar surface area (TPSA) is 103 Å². The lowest BCUT2D eigenvalue weighted by Crippen LogP contribution is -2.26. The monoisotopic (exact) mass is 389 g/mol. The number of halogens is 2. The molecule has 10 heteroatoms. The third-order valence-corrected chi connectivity index (χ3v) is 3.48. The van der Waals surface area contributed by atoms with Gasteiger partial charge in [-0.1, -0.05) is 18.2 Å². The van der Waals surface area contributed by atoms with Crippen molar-refractivity contribution in [3.05, 3.63) is 70.7 Å². The van der Waals surface area contributed by atoms with Crippen LogP contribution in [0.3, 0.4) is 0 Å². The number of nitrogens with zero attached hydrogens (tertiary/aromatic N) is 2. The molecule has 0 fully saturated rings. The lowest BCUT2D eigenvalue weighted by Gasteiger charge is -2.07. The Balaban J connectivity index is 1.55.